The number of rotatable bonds is 4. The van der Waals surface area contributed by atoms with Gasteiger partial charge in [0, 0.05) is 6.42 Å². The molecule has 0 fully saturated rings. The van der Waals surface area contributed by atoms with Crippen LogP contribution >= 0.6 is 11.6 Å². The van der Waals surface area contributed by atoms with Gasteiger partial charge < -0.3 is 20.3 Å². The quantitative estimate of drug-likeness (QED) is 0.891. The molecule has 0 bridgehead atoms. The monoisotopic (exact) mass is 285 g/mol. The highest BCUT2D eigenvalue weighted by Gasteiger charge is 2.20. The summed E-state index contributed by atoms with van der Waals surface area (Å²) in [5, 5.41) is 10.1. The van der Waals surface area contributed by atoms with Crippen molar-refractivity contribution in [3.8, 4) is 11.5 Å². The van der Waals surface area contributed by atoms with E-state index in [1.807, 2.05) is 12.1 Å². The van der Waals surface area contributed by atoms with Crippen molar-refractivity contribution in [3.63, 3.8) is 0 Å². The number of halogens is 1. The van der Waals surface area contributed by atoms with Gasteiger partial charge in [-0.05, 0) is 43.5 Å². The van der Waals surface area contributed by atoms with Crippen LogP contribution in [0, 0.1) is 0 Å². The van der Waals surface area contributed by atoms with Gasteiger partial charge in [0.1, 0.15) is 0 Å². The van der Waals surface area contributed by atoms with Gasteiger partial charge in [-0.25, -0.2) is 0 Å². The summed E-state index contributed by atoms with van der Waals surface area (Å²) in [6, 6.07) is 3.78. The Balaban J connectivity index is 2.31. The van der Waals surface area contributed by atoms with Crippen molar-refractivity contribution >= 4 is 11.6 Å². The molecule has 0 spiro atoms. The van der Waals surface area contributed by atoms with Gasteiger partial charge in [-0.2, -0.15) is 0 Å². The van der Waals surface area contributed by atoms with Gasteiger partial charge in [-0.15, -0.1) is 0 Å². The molecule has 106 valence electrons. The number of benzene rings is 1. The second kappa shape index (κ2) is 6.46. The number of hydrogen-bond donors (Lipinski definition) is 2. The minimum atomic E-state index is -0.400. The third kappa shape index (κ3) is 3.53. The summed E-state index contributed by atoms with van der Waals surface area (Å²) in [6.45, 7) is 3.45. The van der Waals surface area contributed by atoms with Crippen LogP contribution in [-0.2, 0) is 0 Å². The van der Waals surface area contributed by atoms with E-state index in [9.17, 15) is 5.11 Å². The molecule has 0 radical (unpaired) electrons. The number of aliphatic hydroxyl groups is 1. The van der Waals surface area contributed by atoms with Crippen LogP contribution in [0.4, 0.5) is 0 Å². The first-order chi connectivity index (χ1) is 9.11. The first kappa shape index (κ1) is 14.4. The molecular weight excluding hydrogens is 266 g/mol. The van der Waals surface area contributed by atoms with Gasteiger partial charge in [0.2, 0.25) is 0 Å². The molecule has 2 rings (SSSR count). The van der Waals surface area contributed by atoms with E-state index in [0.717, 1.165) is 12.0 Å². The first-order valence-corrected chi connectivity index (χ1v) is 6.96. The zero-order chi connectivity index (χ0) is 13.8. The van der Waals surface area contributed by atoms with Crippen LogP contribution in [0.25, 0.3) is 0 Å². The Bertz CT molecular complexity index is 437. The highest BCUT2D eigenvalue weighted by atomic mass is 35.5. The normalized spacial score (nSPS) is 17.7. The largest absolute Gasteiger partial charge is 0.489 e. The zero-order valence-electron chi connectivity index (χ0n) is 11.1. The molecule has 1 heterocycles. The SMILES string of the molecule is CC(O)CC(CN)c1cc(Cl)c2c(c1)OCCCO2. The van der Waals surface area contributed by atoms with Crippen LogP contribution in [0.3, 0.4) is 0 Å². The summed E-state index contributed by atoms with van der Waals surface area (Å²) in [4.78, 5) is 0. The predicted molar refractivity (Wildman–Crippen MR) is 75.2 cm³/mol. The lowest BCUT2D eigenvalue weighted by Gasteiger charge is -2.19. The van der Waals surface area contributed by atoms with Crippen molar-refractivity contribution in [1.29, 1.82) is 0 Å². The van der Waals surface area contributed by atoms with Crippen LogP contribution in [0.1, 0.15) is 31.2 Å². The lowest BCUT2D eigenvalue weighted by Crippen LogP contribution is -2.17. The average molecular weight is 286 g/mol. The molecule has 3 N–H and O–H groups in total. The van der Waals surface area contributed by atoms with Gasteiger partial charge in [-0.3, -0.25) is 0 Å². The van der Waals surface area contributed by atoms with Gasteiger partial charge in [0.15, 0.2) is 11.5 Å². The van der Waals surface area contributed by atoms with Crippen LogP contribution in [0.2, 0.25) is 5.02 Å². The number of hydrogen-bond acceptors (Lipinski definition) is 4. The fourth-order valence-electron chi connectivity index (χ4n) is 2.27. The van der Waals surface area contributed by atoms with Crippen molar-refractivity contribution < 1.29 is 14.6 Å². The molecule has 19 heavy (non-hydrogen) atoms. The molecule has 0 amide bonds. The van der Waals surface area contributed by atoms with E-state index in [1.54, 1.807) is 6.92 Å². The maximum Gasteiger partial charge on any atom is 0.179 e. The topological polar surface area (TPSA) is 64.7 Å². The van der Waals surface area contributed by atoms with Crippen molar-refractivity contribution in [2.75, 3.05) is 19.8 Å². The molecule has 1 aromatic rings. The van der Waals surface area contributed by atoms with Crippen molar-refractivity contribution in [3.05, 3.63) is 22.7 Å². The molecule has 2 atom stereocenters. The molecule has 2 unspecified atom stereocenters. The maximum atomic E-state index is 9.52. The van der Waals surface area contributed by atoms with E-state index in [0.29, 0.717) is 42.7 Å². The van der Waals surface area contributed by atoms with Crippen LogP contribution < -0.4 is 15.2 Å². The predicted octanol–water partition coefficient (Wildman–Crippen LogP) is 2.31. The summed E-state index contributed by atoms with van der Waals surface area (Å²) in [5.41, 5.74) is 6.77. The van der Waals surface area contributed by atoms with Gasteiger partial charge in [0.25, 0.3) is 0 Å². The highest BCUT2D eigenvalue weighted by Crippen LogP contribution is 2.40. The smallest absolute Gasteiger partial charge is 0.179 e. The van der Waals surface area contributed by atoms with Crippen LogP contribution in [-0.4, -0.2) is 31.0 Å². The summed E-state index contributed by atoms with van der Waals surface area (Å²) in [6.07, 6.45) is 1.05. The first-order valence-electron chi connectivity index (χ1n) is 6.59. The van der Waals surface area contributed by atoms with Crippen LogP contribution in [0.15, 0.2) is 12.1 Å². The van der Waals surface area contributed by atoms with E-state index in [4.69, 9.17) is 26.8 Å². The molecule has 0 saturated carbocycles. The number of nitrogens with two attached hydrogens (primary N) is 1. The minimum Gasteiger partial charge on any atom is -0.489 e. The lowest BCUT2D eigenvalue weighted by atomic mass is 9.93. The summed E-state index contributed by atoms with van der Waals surface area (Å²) in [5.74, 6) is 1.34. The Labute approximate surface area is 118 Å². The molecule has 1 aliphatic rings. The second-order valence-corrected chi connectivity index (χ2v) is 5.31. The van der Waals surface area contributed by atoms with E-state index in [-0.39, 0.29) is 5.92 Å². The minimum absolute atomic E-state index is 0.0645. The zero-order valence-corrected chi connectivity index (χ0v) is 11.8. The molecule has 4 nitrogen and oxygen atoms in total. The lowest BCUT2D eigenvalue weighted by molar-refractivity contribution is 0.175. The highest BCUT2D eigenvalue weighted by molar-refractivity contribution is 6.32. The number of aliphatic hydroxyl groups excluding tert-OH is 1. The third-order valence-corrected chi connectivity index (χ3v) is 3.49. The third-order valence-electron chi connectivity index (χ3n) is 3.21. The molecule has 5 heteroatoms. The van der Waals surface area contributed by atoms with Crippen molar-refractivity contribution in [1.82, 2.24) is 0 Å². The van der Waals surface area contributed by atoms with Gasteiger partial charge in [0.05, 0.1) is 24.3 Å². The maximum absolute atomic E-state index is 9.52. The summed E-state index contributed by atoms with van der Waals surface area (Å²) < 4.78 is 11.2. The van der Waals surface area contributed by atoms with E-state index in [2.05, 4.69) is 0 Å². The van der Waals surface area contributed by atoms with Gasteiger partial charge in [-0.1, -0.05) is 11.6 Å². The summed E-state index contributed by atoms with van der Waals surface area (Å²) in [7, 11) is 0. The van der Waals surface area contributed by atoms with Crippen LogP contribution in [0.5, 0.6) is 11.5 Å². The molecule has 0 aliphatic carbocycles. The van der Waals surface area contributed by atoms with E-state index < -0.39 is 6.10 Å². The standard InChI is InChI=1S/C14H20ClNO3/c1-9(17)5-11(8-16)10-6-12(15)14-13(7-10)18-3-2-4-19-14/h6-7,9,11,17H,2-5,8,16H2,1H3. The molecule has 0 saturated heterocycles. The fraction of sp³-hybridized carbons (Fsp3) is 0.571. The van der Waals surface area contributed by atoms with Crippen molar-refractivity contribution in [2.45, 2.75) is 31.8 Å². The Morgan fingerprint density at radius 1 is 1.37 bits per heavy atom. The Hall–Kier alpha value is -0.970. The van der Waals surface area contributed by atoms with E-state index >= 15 is 0 Å². The molecule has 1 aliphatic heterocycles. The number of fused-ring (bicyclic) bond motifs is 1. The average Bonchev–Trinajstić information content (AvgIpc) is 2.61. The second-order valence-electron chi connectivity index (χ2n) is 4.90. The Morgan fingerprint density at radius 3 is 2.79 bits per heavy atom. The molecule has 0 aromatic heterocycles. The van der Waals surface area contributed by atoms with E-state index in [1.165, 1.54) is 0 Å². The molecular formula is C14H20ClNO3. The Morgan fingerprint density at radius 2 is 2.11 bits per heavy atom. The Kier molecular flexibility index (Phi) is 4.91. The summed E-state index contributed by atoms with van der Waals surface area (Å²) >= 11 is 6.25. The fourth-order valence-corrected chi connectivity index (χ4v) is 2.54. The van der Waals surface area contributed by atoms with Crippen molar-refractivity contribution in [2.24, 2.45) is 5.73 Å². The molecule has 1 aromatic carbocycles. The van der Waals surface area contributed by atoms with Gasteiger partial charge >= 0.3 is 0 Å². The number of ether oxygens (including phenoxy) is 2.